The molecule has 0 aliphatic carbocycles. The van der Waals surface area contributed by atoms with Crippen LogP contribution in [0.15, 0.2) is 24.3 Å². The number of nitrogens with two attached hydrogens (primary N) is 2. The van der Waals surface area contributed by atoms with Gasteiger partial charge in [0.05, 0.1) is 0 Å². The van der Waals surface area contributed by atoms with E-state index in [-0.39, 0.29) is 0 Å². The van der Waals surface area contributed by atoms with Gasteiger partial charge in [-0.05, 0) is 38.5 Å². The third kappa shape index (κ3) is 3.05. The predicted octanol–water partition coefficient (Wildman–Crippen LogP) is 0.899. The van der Waals surface area contributed by atoms with E-state index < -0.39 is 17.2 Å². The van der Waals surface area contributed by atoms with Crippen molar-refractivity contribution in [2.75, 3.05) is 0 Å². The van der Waals surface area contributed by atoms with Gasteiger partial charge in [-0.25, -0.2) is 4.79 Å². The molecule has 0 unspecified atom stereocenters. The number of carbonyl (C=O) groups is 1. The highest BCUT2D eigenvalue weighted by Crippen LogP contribution is 2.17. The van der Waals surface area contributed by atoms with Gasteiger partial charge in [0.25, 0.3) is 0 Å². The zero-order valence-corrected chi connectivity index (χ0v) is 9.78. The van der Waals surface area contributed by atoms with Crippen molar-refractivity contribution in [3.63, 3.8) is 0 Å². The Morgan fingerprint density at radius 3 is 2.44 bits per heavy atom. The fourth-order valence-corrected chi connectivity index (χ4v) is 1.13. The molecule has 1 radical (unpaired) electrons. The molecule has 0 aliphatic rings. The molecular formula is C12H17N2O2. The summed E-state index contributed by atoms with van der Waals surface area (Å²) < 4.78 is 5.15. The molecule has 0 spiro atoms. The summed E-state index contributed by atoms with van der Waals surface area (Å²) >= 11 is 0. The Morgan fingerprint density at radius 2 is 2.00 bits per heavy atom. The second-order valence-corrected chi connectivity index (χ2v) is 4.66. The van der Waals surface area contributed by atoms with Crippen LogP contribution in [0.2, 0.25) is 0 Å². The number of hydrogen-bond acceptors (Lipinski definition) is 4. The SMILES string of the molecule is CC(C)(C)OC(=O)C(N)(N)c1c[c]ccc1. The predicted molar refractivity (Wildman–Crippen MR) is 61.2 cm³/mol. The summed E-state index contributed by atoms with van der Waals surface area (Å²) in [6.45, 7) is 5.29. The van der Waals surface area contributed by atoms with E-state index in [0.29, 0.717) is 5.56 Å². The van der Waals surface area contributed by atoms with Crippen LogP contribution in [0, 0.1) is 6.07 Å². The summed E-state index contributed by atoms with van der Waals surface area (Å²) in [5, 5.41) is 0. The van der Waals surface area contributed by atoms with Gasteiger partial charge in [0.2, 0.25) is 0 Å². The second-order valence-electron chi connectivity index (χ2n) is 4.66. The van der Waals surface area contributed by atoms with E-state index in [2.05, 4.69) is 6.07 Å². The van der Waals surface area contributed by atoms with E-state index in [4.69, 9.17) is 16.2 Å². The molecule has 4 N–H and O–H groups in total. The van der Waals surface area contributed by atoms with Crippen molar-refractivity contribution in [3.8, 4) is 0 Å². The molecule has 1 aromatic rings. The van der Waals surface area contributed by atoms with Crippen LogP contribution in [0.4, 0.5) is 0 Å². The van der Waals surface area contributed by atoms with Crippen molar-refractivity contribution in [1.29, 1.82) is 0 Å². The van der Waals surface area contributed by atoms with Crippen molar-refractivity contribution in [2.45, 2.75) is 32.0 Å². The molecule has 0 saturated carbocycles. The lowest BCUT2D eigenvalue weighted by Crippen LogP contribution is -2.55. The topological polar surface area (TPSA) is 78.3 Å². The Bertz CT molecular complexity index is 366. The van der Waals surface area contributed by atoms with Crippen LogP contribution < -0.4 is 11.5 Å². The van der Waals surface area contributed by atoms with E-state index in [1.165, 1.54) is 0 Å². The van der Waals surface area contributed by atoms with Gasteiger partial charge in [-0.2, -0.15) is 0 Å². The minimum Gasteiger partial charge on any atom is -0.457 e. The van der Waals surface area contributed by atoms with Gasteiger partial charge < -0.3 is 16.2 Å². The van der Waals surface area contributed by atoms with Gasteiger partial charge >= 0.3 is 5.97 Å². The van der Waals surface area contributed by atoms with E-state index in [9.17, 15) is 4.79 Å². The molecular weight excluding hydrogens is 204 g/mol. The molecule has 0 saturated heterocycles. The maximum Gasteiger partial charge on any atom is 0.346 e. The molecule has 0 heterocycles. The quantitative estimate of drug-likeness (QED) is 0.574. The summed E-state index contributed by atoms with van der Waals surface area (Å²) in [5.41, 5.74) is 9.77. The summed E-state index contributed by atoms with van der Waals surface area (Å²) in [7, 11) is 0. The summed E-state index contributed by atoms with van der Waals surface area (Å²) in [6.07, 6.45) is 0. The number of carbonyl (C=O) groups excluding carboxylic acids is 1. The van der Waals surface area contributed by atoms with Crippen molar-refractivity contribution in [1.82, 2.24) is 0 Å². The number of rotatable bonds is 2. The van der Waals surface area contributed by atoms with E-state index >= 15 is 0 Å². The first-order valence-corrected chi connectivity index (χ1v) is 5.01. The van der Waals surface area contributed by atoms with Gasteiger partial charge in [-0.3, -0.25) is 0 Å². The highest BCUT2D eigenvalue weighted by molar-refractivity contribution is 5.81. The molecule has 1 rings (SSSR count). The minimum atomic E-state index is -1.63. The lowest BCUT2D eigenvalue weighted by molar-refractivity contribution is -0.162. The fourth-order valence-electron chi connectivity index (χ4n) is 1.13. The average Bonchev–Trinajstić information content (AvgIpc) is 2.16. The molecule has 0 amide bonds. The molecule has 87 valence electrons. The van der Waals surface area contributed by atoms with Crippen LogP contribution in [0.25, 0.3) is 0 Å². The highest BCUT2D eigenvalue weighted by atomic mass is 16.6. The van der Waals surface area contributed by atoms with E-state index in [1.807, 2.05) is 0 Å². The molecule has 0 bridgehead atoms. The van der Waals surface area contributed by atoms with Gasteiger partial charge in [0.15, 0.2) is 5.66 Å². The lowest BCUT2D eigenvalue weighted by atomic mass is 10.0. The smallest absolute Gasteiger partial charge is 0.346 e. The van der Waals surface area contributed by atoms with Gasteiger partial charge in [-0.1, -0.05) is 18.2 Å². The largest absolute Gasteiger partial charge is 0.457 e. The van der Waals surface area contributed by atoms with Crippen LogP contribution in [0.3, 0.4) is 0 Å². The van der Waals surface area contributed by atoms with Crippen molar-refractivity contribution >= 4 is 5.97 Å². The highest BCUT2D eigenvalue weighted by Gasteiger charge is 2.35. The number of hydrogen-bond donors (Lipinski definition) is 2. The maximum atomic E-state index is 11.8. The Hall–Kier alpha value is -1.39. The van der Waals surface area contributed by atoms with Crippen LogP contribution in [-0.2, 0) is 15.2 Å². The Labute approximate surface area is 95.6 Å². The van der Waals surface area contributed by atoms with Crippen LogP contribution in [-0.4, -0.2) is 11.6 Å². The Balaban J connectivity index is 2.90. The Kier molecular flexibility index (Phi) is 3.35. The van der Waals surface area contributed by atoms with Gasteiger partial charge in [0, 0.05) is 0 Å². The normalized spacial score (nSPS) is 12.3. The summed E-state index contributed by atoms with van der Waals surface area (Å²) in [5.74, 6) is -0.653. The van der Waals surface area contributed by atoms with Crippen molar-refractivity contribution in [2.24, 2.45) is 11.5 Å². The van der Waals surface area contributed by atoms with Gasteiger partial charge in [-0.15, -0.1) is 0 Å². The van der Waals surface area contributed by atoms with Crippen LogP contribution in [0.1, 0.15) is 26.3 Å². The second kappa shape index (κ2) is 4.23. The van der Waals surface area contributed by atoms with Crippen molar-refractivity contribution < 1.29 is 9.53 Å². The molecule has 16 heavy (non-hydrogen) atoms. The number of benzene rings is 1. The van der Waals surface area contributed by atoms with Crippen molar-refractivity contribution in [3.05, 3.63) is 35.9 Å². The molecule has 0 fully saturated rings. The third-order valence-electron chi connectivity index (χ3n) is 1.92. The maximum absolute atomic E-state index is 11.8. The monoisotopic (exact) mass is 221 g/mol. The Morgan fingerprint density at radius 1 is 1.38 bits per heavy atom. The lowest BCUT2D eigenvalue weighted by Gasteiger charge is -2.28. The molecule has 1 aromatic carbocycles. The number of ether oxygens (including phenoxy) is 1. The molecule has 0 atom stereocenters. The van der Waals surface area contributed by atoms with Gasteiger partial charge in [0.1, 0.15) is 5.60 Å². The van der Waals surface area contributed by atoms with E-state index in [0.717, 1.165) is 0 Å². The summed E-state index contributed by atoms with van der Waals surface area (Å²) in [4.78, 5) is 11.8. The molecule has 0 aromatic heterocycles. The third-order valence-corrected chi connectivity index (χ3v) is 1.92. The first kappa shape index (κ1) is 12.7. The zero-order valence-electron chi connectivity index (χ0n) is 9.78. The first-order valence-electron chi connectivity index (χ1n) is 5.01. The fraction of sp³-hybridized carbons (Fsp3) is 0.417. The summed E-state index contributed by atoms with van der Waals surface area (Å²) in [6, 6.07) is 9.48. The number of esters is 1. The molecule has 4 heteroatoms. The first-order chi connectivity index (χ1) is 7.23. The minimum absolute atomic E-state index is 0.476. The molecule has 0 aliphatic heterocycles. The van der Waals surface area contributed by atoms with E-state index in [1.54, 1.807) is 45.0 Å². The van der Waals surface area contributed by atoms with Crippen LogP contribution >= 0.6 is 0 Å². The standard InChI is InChI=1S/C12H17N2O2/c1-11(2,3)16-10(15)12(13,14)9-7-5-4-6-8-9/h4-5,7-8H,13-14H2,1-3H3. The average molecular weight is 221 g/mol. The molecule has 4 nitrogen and oxygen atoms in total. The van der Waals surface area contributed by atoms with Crippen LogP contribution in [0.5, 0.6) is 0 Å². The zero-order chi connectivity index (χ0) is 12.4.